The molecule has 0 saturated heterocycles. The Bertz CT molecular complexity index is 1320. The summed E-state index contributed by atoms with van der Waals surface area (Å²) >= 11 is 0. The summed E-state index contributed by atoms with van der Waals surface area (Å²) in [7, 11) is -7.43. The van der Waals surface area contributed by atoms with E-state index in [-0.39, 0.29) is 39.9 Å². The molecule has 0 aliphatic carbocycles. The standard InChI is InChI=1S/C28H32O7S2/c1-2-3-4-11-18-34-27-23(28(29)35-19-21-12-7-5-8-13-21)16-17-24-26(27)25(20-36(24,30)31)37(32,33)22-14-9-6-10-15-22/h5-10,12-17,25,30-31H,2-4,11,18-20H2,1H3. The second-order valence-electron chi connectivity index (χ2n) is 9.01. The van der Waals surface area contributed by atoms with E-state index in [1.54, 1.807) is 18.2 Å². The lowest BCUT2D eigenvalue weighted by atomic mass is 10.1. The highest BCUT2D eigenvalue weighted by Gasteiger charge is 2.46. The molecule has 198 valence electrons. The van der Waals surface area contributed by atoms with Crippen LogP contribution in [-0.2, 0) is 21.2 Å². The molecule has 4 rings (SSSR count). The van der Waals surface area contributed by atoms with Gasteiger partial charge in [-0.15, -0.1) is 0 Å². The number of ether oxygens (including phenoxy) is 2. The molecular formula is C28H32O7S2. The molecule has 2 N–H and O–H groups in total. The summed E-state index contributed by atoms with van der Waals surface area (Å²) in [6, 6.07) is 19.9. The smallest absolute Gasteiger partial charge is 0.342 e. The maximum absolute atomic E-state index is 13.7. The Morgan fingerprint density at radius 2 is 1.62 bits per heavy atom. The molecule has 3 aromatic rings. The zero-order valence-corrected chi connectivity index (χ0v) is 22.3. The predicted molar refractivity (Wildman–Crippen MR) is 144 cm³/mol. The minimum absolute atomic E-state index is 0.0353. The van der Waals surface area contributed by atoms with Gasteiger partial charge >= 0.3 is 5.97 Å². The van der Waals surface area contributed by atoms with Gasteiger partial charge in [0.15, 0.2) is 9.84 Å². The number of benzene rings is 3. The monoisotopic (exact) mass is 544 g/mol. The Morgan fingerprint density at radius 3 is 2.30 bits per heavy atom. The topological polar surface area (TPSA) is 110 Å². The van der Waals surface area contributed by atoms with Gasteiger partial charge in [0.1, 0.15) is 23.2 Å². The summed E-state index contributed by atoms with van der Waals surface area (Å²) in [5, 5.41) is -1.28. The molecule has 9 heteroatoms. The van der Waals surface area contributed by atoms with E-state index in [2.05, 4.69) is 6.92 Å². The summed E-state index contributed by atoms with van der Waals surface area (Å²) in [6.45, 7) is 2.38. The lowest BCUT2D eigenvalue weighted by Crippen LogP contribution is -2.17. The Morgan fingerprint density at radius 1 is 0.946 bits per heavy atom. The molecule has 1 aliphatic rings. The summed E-state index contributed by atoms with van der Waals surface area (Å²) < 4.78 is 60.7. The van der Waals surface area contributed by atoms with Crippen LogP contribution in [0, 0.1) is 0 Å². The lowest BCUT2D eigenvalue weighted by Gasteiger charge is -2.27. The fourth-order valence-electron chi connectivity index (χ4n) is 4.39. The molecule has 37 heavy (non-hydrogen) atoms. The number of carbonyl (C=O) groups is 1. The van der Waals surface area contributed by atoms with Crippen LogP contribution in [0.25, 0.3) is 0 Å². The largest absolute Gasteiger partial charge is 0.492 e. The minimum atomic E-state index is -4.01. The Kier molecular flexibility index (Phi) is 8.59. The number of carbonyl (C=O) groups excluding carboxylic acids is 1. The van der Waals surface area contributed by atoms with Gasteiger partial charge < -0.3 is 9.47 Å². The van der Waals surface area contributed by atoms with E-state index in [4.69, 9.17) is 9.47 Å². The van der Waals surface area contributed by atoms with Gasteiger partial charge in [0.25, 0.3) is 0 Å². The van der Waals surface area contributed by atoms with Gasteiger partial charge in [0.2, 0.25) is 0 Å². The predicted octanol–water partition coefficient (Wildman–Crippen LogP) is 6.64. The van der Waals surface area contributed by atoms with Crippen LogP contribution < -0.4 is 4.74 Å². The van der Waals surface area contributed by atoms with E-state index in [0.29, 0.717) is 6.42 Å². The quantitative estimate of drug-likeness (QED) is 0.206. The van der Waals surface area contributed by atoms with E-state index in [1.165, 1.54) is 24.3 Å². The second kappa shape index (κ2) is 11.7. The first-order chi connectivity index (χ1) is 17.8. The summed E-state index contributed by atoms with van der Waals surface area (Å²) in [5.41, 5.74) is 1.00. The minimum Gasteiger partial charge on any atom is -0.492 e. The Balaban J connectivity index is 1.75. The van der Waals surface area contributed by atoms with Crippen LogP contribution in [0.5, 0.6) is 5.75 Å². The molecule has 0 radical (unpaired) electrons. The number of esters is 1. The molecule has 0 fully saturated rings. The molecule has 1 atom stereocenters. The third kappa shape index (κ3) is 6.01. The van der Waals surface area contributed by atoms with Crippen LogP contribution in [-0.4, -0.2) is 35.9 Å². The normalized spacial score (nSPS) is 17.1. The first kappa shape index (κ1) is 27.2. The van der Waals surface area contributed by atoms with Gasteiger partial charge in [-0.3, -0.25) is 9.11 Å². The molecule has 1 heterocycles. The van der Waals surface area contributed by atoms with Crippen LogP contribution in [0.4, 0.5) is 0 Å². The van der Waals surface area contributed by atoms with E-state index >= 15 is 0 Å². The van der Waals surface area contributed by atoms with Crippen molar-refractivity contribution >= 4 is 26.4 Å². The van der Waals surface area contributed by atoms with Crippen molar-refractivity contribution in [2.75, 3.05) is 12.4 Å². The highest BCUT2D eigenvalue weighted by Crippen LogP contribution is 2.63. The molecule has 3 aromatic carbocycles. The summed E-state index contributed by atoms with van der Waals surface area (Å²) in [6.07, 6.45) is 3.69. The van der Waals surface area contributed by atoms with Gasteiger partial charge in [-0.25, -0.2) is 13.2 Å². The molecule has 1 aliphatic heterocycles. The molecule has 7 nitrogen and oxygen atoms in total. The van der Waals surface area contributed by atoms with Crippen molar-refractivity contribution < 1.29 is 31.8 Å². The fourth-order valence-corrected chi connectivity index (χ4v) is 8.81. The number of unbranched alkanes of at least 4 members (excludes halogenated alkanes) is 3. The molecule has 1 unspecified atom stereocenters. The number of hydrogen-bond acceptors (Lipinski definition) is 7. The summed E-state index contributed by atoms with van der Waals surface area (Å²) in [5.74, 6) is -1.02. The van der Waals surface area contributed by atoms with E-state index in [9.17, 15) is 22.3 Å². The number of sulfone groups is 1. The van der Waals surface area contributed by atoms with Gasteiger partial charge in [0.05, 0.1) is 22.2 Å². The summed E-state index contributed by atoms with van der Waals surface area (Å²) in [4.78, 5) is 13.4. The number of hydrogen-bond donors (Lipinski definition) is 2. The Labute approximate surface area is 219 Å². The molecule has 0 amide bonds. The maximum atomic E-state index is 13.7. The second-order valence-corrected chi connectivity index (χ2v) is 13.2. The van der Waals surface area contributed by atoms with E-state index < -0.39 is 37.4 Å². The molecule has 0 aromatic heterocycles. The van der Waals surface area contributed by atoms with Crippen LogP contribution >= 0.6 is 10.6 Å². The van der Waals surface area contributed by atoms with E-state index in [0.717, 1.165) is 24.8 Å². The van der Waals surface area contributed by atoms with Crippen molar-refractivity contribution in [2.24, 2.45) is 0 Å². The van der Waals surface area contributed by atoms with E-state index in [1.807, 2.05) is 30.3 Å². The first-order valence-electron chi connectivity index (χ1n) is 12.3. The zero-order valence-electron chi connectivity index (χ0n) is 20.7. The number of fused-ring (bicyclic) bond motifs is 1. The number of rotatable bonds is 11. The van der Waals surface area contributed by atoms with Crippen molar-refractivity contribution in [3.63, 3.8) is 0 Å². The van der Waals surface area contributed by atoms with Crippen molar-refractivity contribution in [1.29, 1.82) is 0 Å². The Hall–Kier alpha value is -2.85. The zero-order chi connectivity index (χ0) is 26.5. The fraction of sp³-hybridized carbons (Fsp3) is 0.321. The highest BCUT2D eigenvalue weighted by atomic mass is 32.3. The first-order valence-corrected chi connectivity index (χ1v) is 15.6. The molecule has 0 bridgehead atoms. The van der Waals surface area contributed by atoms with Crippen LogP contribution in [0.3, 0.4) is 0 Å². The van der Waals surface area contributed by atoms with Crippen molar-refractivity contribution in [3.05, 3.63) is 89.5 Å². The molecular weight excluding hydrogens is 512 g/mol. The third-order valence-electron chi connectivity index (χ3n) is 6.34. The van der Waals surface area contributed by atoms with Gasteiger partial charge in [-0.2, -0.15) is 10.6 Å². The van der Waals surface area contributed by atoms with Crippen molar-refractivity contribution in [3.8, 4) is 5.75 Å². The van der Waals surface area contributed by atoms with Gasteiger partial charge in [-0.05, 0) is 36.2 Å². The van der Waals surface area contributed by atoms with Crippen molar-refractivity contribution in [2.45, 2.75) is 54.3 Å². The van der Waals surface area contributed by atoms with Crippen LogP contribution in [0.15, 0.2) is 82.6 Å². The van der Waals surface area contributed by atoms with Gasteiger partial charge in [-0.1, -0.05) is 74.7 Å². The van der Waals surface area contributed by atoms with Crippen LogP contribution in [0.2, 0.25) is 0 Å². The molecule has 0 spiro atoms. The third-order valence-corrected chi connectivity index (χ3v) is 10.5. The van der Waals surface area contributed by atoms with Crippen LogP contribution in [0.1, 0.15) is 59.3 Å². The highest BCUT2D eigenvalue weighted by molar-refractivity contribution is 8.25. The average molecular weight is 545 g/mol. The lowest BCUT2D eigenvalue weighted by molar-refractivity contribution is 0.0467. The molecule has 0 saturated carbocycles. The maximum Gasteiger partial charge on any atom is 0.342 e. The van der Waals surface area contributed by atoms with Gasteiger partial charge in [0, 0.05) is 5.56 Å². The average Bonchev–Trinajstić information content (AvgIpc) is 3.19. The SMILES string of the molecule is CCCCCCOc1c(C(=O)OCc2ccccc2)ccc2c1C(S(=O)(=O)c1ccccc1)CS2(O)O. The van der Waals surface area contributed by atoms with Crippen molar-refractivity contribution in [1.82, 2.24) is 0 Å².